The van der Waals surface area contributed by atoms with Gasteiger partial charge in [-0.3, -0.25) is 9.78 Å². The van der Waals surface area contributed by atoms with Crippen molar-refractivity contribution >= 4 is 47.3 Å². The molecule has 0 bridgehead atoms. The van der Waals surface area contributed by atoms with Crippen LogP contribution in [0, 0.1) is 0 Å². The lowest BCUT2D eigenvalue weighted by Gasteiger charge is -2.54. The number of fused-ring (bicyclic) bond motifs is 1. The molecule has 2 aromatic carbocycles. The molecule has 3 atom stereocenters. The molecular formula is C33H29ClN2O7S. The first-order valence-corrected chi connectivity index (χ1v) is 15.0. The standard InChI is InChI=1S/C33H29ClN2O7S/c1-4-17-40-31(38)24-15-16-35-25(18-24)19-26-29(37)36-28(33(3,20-44-30(26)36)43-42-21(2)34)32(39)41-27(22-11-7-5-8-12-22)23-13-9-6-10-14-23/h4-16,18-19,27-28,30H,1-2,17,20H2,3H3/b26-19-/t28-,30?,33?/m0/s1. The summed E-state index contributed by atoms with van der Waals surface area (Å²) in [6, 6.07) is 20.5. The number of halogens is 1. The number of pyridine rings is 1. The molecule has 0 saturated carbocycles. The van der Waals surface area contributed by atoms with Crippen molar-refractivity contribution in [3.05, 3.63) is 131 Å². The van der Waals surface area contributed by atoms with Gasteiger partial charge >= 0.3 is 11.9 Å². The lowest BCUT2D eigenvalue weighted by atomic mass is 9.90. The van der Waals surface area contributed by atoms with Crippen LogP contribution < -0.4 is 0 Å². The highest BCUT2D eigenvalue weighted by Crippen LogP contribution is 2.48. The molecule has 3 aromatic rings. The Hall–Kier alpha value is -4.38. The number of thioether (sulfide) groups is 1. The first kappa shape index (κ1) is 31.1. The molecule has 1 amide bonds. The highest BCUT2D eigenvalue weighted by atomic mass is 35.5. The van der Waals surface area contributed by atoms with Crippen molar-refractivity contribution in [2.75, 3.05) is 12.4 Å². The minimum Gasteiger partial charge on any atom is -0.458 e. The summed E-state index contributed by atoms with van der Waals surface area (Å²) < 4.78 is 11.3. The SMILES string of the molecule is C=CCOC(=O)c1ccnc(/C=C2/C(=O)N3C2SCC(C)(OOC(=C)Cl)[C@@H]3C(=O)OC(c2ccccc2)c2ccccc2)c1. The molecule has 0 N–H and O–H groups in total. The summed E-state index contributed by atoms with van der Waals surface area (Å²) in [5.41, 5.74) is 1.25. The number of ether oxygens (including phenoxy) is 2. The van der Waals surface area contributed by atoms with Gasteiger partial charge in [-0.15, -0.1) is 11.8 Å². The number of nitrogens with zero attached hydrogens (tertiary/aromatic N) is 2. The van der Waals surface area contributed by atoms with Gasteiger partial charge in [0.15, 0.2) is 17.7 Å². The molecule has 0 spiro atoms. The maximum Gasteiger partial charge on any atom is 0.338 e. The Bertz CT molecular complexity index is 1560. The number of β-lactam (4-membered cyclic amide) rings is 1. The summed E-state index contributed by atoms with van der Waals surface area (Å²) in [4.78, 5) is 56.6. The maximum absolute atomic E-state index is 14.1. The van der Waals surface area contributed by atoms with Gasteiger partial charge in [0, 0.05) is 11.9 Å². The number of hydrogen-bond acceptors (Lipinski definition) is 9. The average Bonchev–Trinajstić information content (AvgIpc) is 3.04. The van der Waals surface area contributed by atoms with E-state index in [0.29, 0.717) is 11.3 Å². The van der Waals surface area contributed by atoms with Crippen LogP contribution in [-0.2, 0) is 28.8 Å². The van der Waals surface area contributed by atoms with Gasteiger partial charge in [0.1, 0.15) is 12.0 Å². The Kier molecular flexibility index (Phi) is 9.53. The molecule has 0 radical (unpaired) electrons. The van der Waals surface area contributed by atoms with E-state index in [9.17, 15) is 14.4 Å². The third kappa shape index (κ3) is 6.57. The van der Waals surface area contributed by atoms with Crippen LogP contribution in [0.4, 0.5) is 0 Å². The lowest BCUT2D eigenvalue weighted by molar-refractivity contribution is -0.331. The molecule has 2 aliphatic rings. The summed E-state index contributed by atoms with van der Waals surface area (Å²) in [6.07, 6.45) is 3.78. The second kappa shape index (κ2) is 13.5. The van der Waals surface area contributed by atoms with Crippen LogP contribution in [0.3, 0.4) is 0 Å². The highest BCUT2D eigenvalue weighted by molar-refractivity contribution is 8.00. The first-order valence-electron chi connectivity index (χ1n) is 13.6. The van der Waals surface area contributed by atoms with Crippen LogP contribution in [0.2, 0.25) is 0 Å². The molecule has 11 heteroatoms. The molecule has 0 aliphatic carbocycles. The lowest BCUT2D eigenvalue weighted by Crippen LogP contribution is -2.71. The molecule has 44 heavy (non-hydrogen) atoms. The second-order valence-corrected chi connectivity index (χ2v) is 11.7. The van der Waals surface area contributed by atoms with Crippen LogP contribution in [0.5, 0.6) is 0 Å². The summed E-state index contributed by atoms with van der Waals surface area (Å²) in [6.45, 7) is 8.74. The van der Waals surface area contributed by atoms with E-state index in [1.54, 1.807) is 13.0 Å². The van der Waals surface area contributed by atoms with Gasteiger partial charge in [-0.1, -0.05) is 73.3 Å². The second-order valence-electron chi connectivity index (χ2n) is 10.2. The van der Waals surface area contributed by atoms with Crippen molar-refractivity contribution in [2.24, 2.45) is 0 Å². The number of hydrogen-bond donors (Lipinski definition) is 0. The van der Waals surface area contributed by atoms with Crippen molar-refractivity contribution < 1.29 is 33.6 Å². The fourth-order valence-corrected chi connectivity index (χ4v) is 6.44. The van der Waals surface area contributed by atoms with E-state index < -0.39 is 41.0 Å². The number of esters is 2. The number of carbonyl (C=O) groups is 3. The monoisotopic (exact) mass is 632 g/mol. The van der Waals surface area contributed by atoms with Crippen molar-refractivity contribution in [1.29, 1.82) is 0 Å². The number of amides is 1. The molecular weight excluding hydrogens is 604 g/mol. The molecule has 3 heterocycles. The van der Waals surface area contributed by atoms with Crippen LogP contribution in [0.15, 0.2) is 109 Å². The maximum atomic E-state index is 14.1. The third-order valence-electron chi connectivity index (χ3n) is 7.02. The van der Waals surface area contributed by atoms with E-state index in [1.165, 1.54) is 41.1 Å². The Morgan fingerprint density at radius 2 is 1.80 bits per heavy atom. The molecule has 9 nitrogen and oxygen atoms in total. The van der Waals surface area contributed by atoms with Gasteiger partial charge in [-0.2, -0.15) is 4.89 Å². The summed E-state index contributed by atoms with van der Waals surface area (Å²) >= 11 is 7.19. The van der Waals surface area contributed by atoms with Crippen LogP contribution in [0.1, 0.15) is 40.2 Å². The van der Waals surface area contributed by atoms with E-state index in [2.05, 4.69) is 18.1 Å². The number of aromatic nitrogens is 1. The molecule has 5 rings (SSSR count). The number of benzene rings is 2. The van der Waals surface area contributed by atoms with E-state index in [1.807, 2.05) is 60.7 Å². The Balaban J connectivity index is 1.45. The normalized spacial score (nSPS) is 21.7. The van der Waals surface area contributed by atoms with Gasteiger partial charge in [0.05, 0.1) is 16.8 Å². The van der Waals surface area contributed by atoms with Crippen molar-refractivity contribution in [1.82, 2.24) is 9.88 Å². The Morgan fingerprint density at radius 3 is 2.41 bits per heavy atom. The molecule has 1 aromatic heterocycles. The van der Waals surface area contributed by atoms with Crippen LogP contribution in [0.25, 0.3) is 6.08 Å². The zero-order chi connectivity index (χ0) is 31.3. The number of carbonyl (C=O) groups excluding carboxylic acids is 3. The van der Waals surface area contributed by atoms with Gasteiger partial charge in [0.25, 0.3) is 5.91 Å². The molecule has 2 fully saturated rings. The highest BCUT2D eigenvalue weighted by Gasteiger charge is 2.61. The first-order chi connectivity index (χ1) is 21.2. The van der Waals surface area contributed by atoms with Gasteiger partial charge in [-0.25, -0.2) is 9.59 Å². The smallest absolute Gasteiger partial charge is 0.338 e. The van der Waals surface area contributed by atoms with Crippen molar-refractivity contribution in [2.45, 2.75) is 30.0 Å². The minimum atomic E-state index is -1.34. The van der Waals surface area contributed by atoms with E-state index in [-0.39, 0.29) is 23.1 Å². The zero-order valence-electron chi connectivity index (χ0n) is 23.8. The minimum absolute atomic E-state index is 0.0677. The third-order valence-corrected chi connectivity index (χ3v) is 8.62. The molecule has 2 saturated heterocycles. The van der Waals surface area contributed by atoms with E-state index >= 15 is 0 Å². The average molecular weight is 633 g/mol. The Morgan fingerprint density at radius 1 is 1.14 bits per heavy atom. The van der Waals surface area contributed by atoms with Crippen LogP contribution in [-0.4, -0.2) is 57.1 Å². The quantitative estimate of drug-likeness (QED) is 0.0490. The van der Waals surface area contributed by atoms with Crippen molar-refractivity contribution in [3.8, 4) is 0 Å². The van der Waals surface area contributed by atoms with Gasteiger partial charge in [0.2, 0.25) is 5.22 Å². The van der Waals surface area contributed by atoms with Crippen LogP contribution >= 0.6 is 23.4 Å². The molecule has 226 valence electrons. The van der Waals surface area contributed by atoms with E-state index in [0.717, 1.165) is 11.1 Å². The predicted molar refractivity (Wildman–Crippen MR) is 166 cm³/mol. The zero-order valence-corrected chi connectivity index (χ0v) is 25.3. The van der Waals surface area contributed by atoms with Gasteiger partial charge in [-0.05, 0) is 54.4 Å². The Labute approximate surface area is 264 Å². The van der Waals surface area contributed by atoms with Gasteiger partial charge < -0.3 is 19.3 Å². The fourth-order valence-electron chi connectivity index (χ4n) is 4.99. The fraction of sp³-hybridized carbons (Fsp3) is 0.212. The topological polar surface area (TPSA) is 104 Å². The van der Waals surface area contributed by atoms with Crippen molar-refractivity contribution in [3.63, 3.8) is 0 Å². The largest absolute Gasteiger partial charge is 0.458 e. The molecule has 2 unspecified atom stereocenters. The molecule has 2 aliphatic heterocycles. The summed E-state index contributed by atoms with van der Waals surface area (Å²) in [5.74, 6) is -1.40. The summed E-state index contributed by atoms with van der Waals surface area (Å²) in [5, 5.41) is -0.744. The summed E-state index contributed by atoms with van der Waals surface area (Å²) in [7, 11) is 0. The van der Waals surface area contributed by atoms with E-state index in [4.69, 9.17) is 30.8 Å². The predicted octanol–water partition coefficient (Wildman–Crippen LogP) is 5.84. The number of rotatable bonds is 11.